The Balaban J connectivity index is 1.96. The van der Waals surface area contributed by atoms with Crippen molar-refractivity contribution in [3.8, 4) is 0 Å². The average Bonchev–Trinajstić information content (AvgIpc) is 2.81. The summed E-state index contributed by atoms with van der Waals surface area (Å²) in [4.78, 5) is 8.32. The third-order valence-corrected chi connectivity index (χ3v) is 4.09. The maximum atomic E-state index is 4.78. The van der Waals surface area contributed by atoms with Gasteiger partial charge in [0.25, 0.3) is 0 Å². The molecule has 1 aromatic heterocycles. The summed E-state index contributed by atoms with van der Waals surface area (Å²) >= 11 is 0. The van der Waals surface area contributed by atoms with E-state index in [1.807, 2.05) is 0 Å². The number of hydrogen-bond acceptors (Lipinski definition) is 2. The molecule has 0 saturated carbocycles. The van der Waals surface area contributed by atoms with E-state index >= 15 is 0 Å². The van der Waals surface area contributed by atoms with Crippen molar-refractivity contribution in [2.45, 2.75) is 44.9 Å². The van der Waals surface area contributed by atoms with Crippen LogP contribution in [0, 0.1) is 0 Å². The van der Waals surface area contributed by atoms with Crippen LogP contribution >= 0.6 is 0 Å². The highest BCUT2D eigenvalue weighted by Crippen LogP contribution is 2.28. The van der Waals surface area contributed by atoms with E-state index in [-0.39, 0.29) is 5.41 Å². The molecule has 0 amide bonds. The number of fused-ring (bicyclic) bond motifs is 1. The van der Waals surface area contributed by atoms with Crippen molar-refractivity contribution in [1.82, 2.24) is 15.3 Å². The van der Waals surface area contributed by atoms with Crippen molar-refractivity contribution < 1.29 is 0 Å². The molecule has 3 rings (SSSR count). The van der Waals surface area contributed by atoms with Crippen molar-refractivity contribution in [3.05, 3.63) is 29.6 Å². The van der Waals surface area contributed by atoms with Gasteiger partial charge in [0.05, 0.1) is 11.0 Å². The van der Waals surface area contributed by atoms with Gasteiger partial charge < -0.3 is 10.3 Å². The minimum atomic E-state index is 0.189. The van der Waals surface area contributed by atoms with Crippen molar-refractivity contribution in [2.75, 3.05) is 13.1 Å². The van der Waals surface area contributed by atoms with Crippen LogP contribution in [0.2, 0.25) is 0 Å². The third-order valence-electron chi connectivity index (χ3n) is 4.09. The van der Waals surface area contributed by atoms with Gasteiger partial charge in [-0.05, 0) is 49.0 Å². The summed E-state index contributed by atoms with van der Waals surface area (Å²) in [7, 11) is 0. The highest BCUT2D eigenvalue weighted by Gasteiger charge is 2.19. The van der Waals surface area contributed by atoms with Gasteiger partial charge in [-0.15, -0.1) is 0 Å². The fourth-order valence-corrected chi connectivity index (χ4v) is 2.78. The molecule has 102 valence electrons. The zero-order chi connectivity index (χ0) is 13.5. The first-order chi connectivity index (χ1) is 9.04. The van der Waals surface area contributed by atoms with Crippen LogP contribution in [0.5, 0.6) is 0 Å². The predicted molar refractivity (Wildman–Crippen MR) is 79.6 cm³/mol. The topological polar surface area (TPSA) is 40.7 Å². The lowest BCUT2D eigenvalue weighted by atomic mass is 9.87. The number of H-pyrrole nitrogens is 1. The highest BCUT2D eigenvalue weighted by molar-refractivity contribution is 5.76. The predicted octanol–water partition coefficient (Wildman–Crippen LogP) is 3.33. The zero-order valence-corrected chi connectivity index (χ0v) is 12.1. The van der Waals surface area contributed by atoms with Crippen molar-refractivity contribution in [2.24, 2.45) is 0 Å². The van der Waals surface area contributed by atoms with E-state index in [0.717, 1.165) is 18.6 Å². The minimum Gasteiger partial charge on any atom is -0.342 e. The second-order valence-corrected chi connectivity index (χ2v) is 6.63. The molecule has 1 aliphatic heterocycles. The summed E-state index contributed by atoms with van der Waals surface area (Å²) in [6, 6.07) is 6.61. The summed E-state index contributed by atoms with van der Waals surface area (Å²) in [5.41, 5.74) is 3.83. The van der Waals surface area contributed by atoms with E-state index in [1.165, 1.54) is 29.7 Å². The van der Waals surface area contributed by atoms with E-state index in [0.29, 0.717) is 5.92 Å². The number of aromatic amines is 1. The lowest BCUT2D eigenvalue weighted by molar-refractivity contribution is 0.448. The van der Waals surface area contributed by atoms with Crippen LogP contribution in [0.4, 0.5) is 0 Å². The molecule has 3 nitrogen and oxygen atoms in total. The van der Waals surface area contributed by atoms with Gasteiger partial charge in [0.2, 0.25) is 0 Å². The molecular weight excluding hydrogens is 234 g/mol. The first-order valence-electron chi connectivity index (χ1n) is 7.25. The summed E-state index contributed by atoms with van der Waals surface area (Å²) in [5.74, 6) is 1.76. The molecule has 19 heavy (non-hydrogen) atoms. The van der Waals surface area contributed by atoms with Gasteiger partial charge in [0.1, 0.15) is 5.82 Å². The number of nitrogens with zero attached hydrogens (tertiary/aromatic N) is 1. The van der Waals surface area contributed by atoms with Gasteiger partial charge in [-0.1, -0.05) is 26.8 Å². The van der Waals surface area contributed by atoms with Crippen LogP contribution in [-0.2, 0) is 5.41 Å². The molecule has 0 spiro atoms. The summed E-state index contributed by atoms with van der Waals surface area (Å²) < 4.78 is 0. The quantitative estimate of drug-likeness (QED) is 0.822. The first-order valence-corrected chi connectivity index (χ1v) is 7.25. The Bertz CT molecular complexity index is 571. The highest BCUT2D eigenvalue weighted by atomic mass is 14.9. The smallest absolute Gasteiger partial charge is 0.110 e. The summed E-state index contributed by atoms with van der Waals surface area (Å²) in [5, 5.41) is 3.41. The number of rotatable bonds is 1. The zero-order valence-electron chi connectivity index (χ0n) is 12.1. The van der Waals surface area contributed by atoms with E-state index in [1.54, 1.807) is 0 Å². The van der Waals surface area contributed by atoms with E-state index in [9.17, 15) is 0 Å². The van der Waals surface area contributed by atoms with Crippen LogP contribution in [0.3, 0.4) is 0 Å². The molecule has 0 atom stereocenters. The molecule has 2 N–H and O–H groups in total. The summed E-state index contributed by atoms with van der Waals surface area (Å²) in [6.45, 7) is 8.96. The molecule has 0 unspecified atom stereocenters. The van der Waals surface area contributed by atoms with Gasteiger partial charge in [-0.2, -0.15) is 0 Å². The number of benzene rings is 1. The Morgan fingerprint density at radius 2 is 1.89 bits per heavy atom. The van der Waals surface area contributed by atoms with E-state index in [2.05, 4.69) is 49.3 Å². The molecule has 1 fully saturated rings. The lowest BCUT2D eigenvalue weighted by Crippen LogP contribution is -2.27. The second kappa shape index (κ2) is 4.64. The lowest BCUT2D eigenvalue weighted by Gasteiger charge is -2.20. The van der Waals surface area contributed by atoms with Gasteiger partial charge >= 0.3 is 0 Å². The standard InChI is InChI=1S/C16H23N3/c1-16(2,3)12-4-5-13-14(10-12)19-15(18-13)11-6-8-17-9-7-11/h4-5,10-11,17H,6-9H2,1-3H3,(H,18,19). The fraction of sp³-hybridized carbons (Fsp3) is 0.562. The molecule has 0 radical (unpaired) electrons. The molecule has 1 aromatic carbocycles. The first kappa shape index (κ1) is 12.7. The Kier molecular flexibility index (Phi) is 3.09. The monoisotopic (exact) mass is 257 g/mol. The maximum Gasteiger partial charge on any atom is 0.110 e. The van der Waals surface area contributed by atoms with Gasteiger partial charge in [-0.3, -0.25) is 0 Å². The maximum absolute atomic E-state index is 4.78. The van der Waals surface area contributed by atoms with Gasteiger partial charge in [0.15, 0.2) is 0 Å². The number of piperidine rings is 1. The van der Waals surface area contributed by atoms with Crippen molar-refractivity contribution in [1.29, 1.82) is 0 Å². The molecule has 0 bridgehead atoms. The Hall–Kier alpha value is -1.35. The van der Waals surface area contributed by atoms with Crippen LogP contribution in [0.15, 0.2) is 18.2 Å². The molecule has 0 aliphatic carbocycles. The van der Waals surface area contributed by atoms with Crippen LogP contribution in [0.1, 0.15) is 50.9 Å². The second-order valence-electron chi connectivity index (χ2n) is 6.63. The third kappa shape index (κ3) is 2.52. The van der Waals surface area contributed by atoms with E-state index in [4.69, 9.17) is 4.98 Å². The summed E-state index contributed by atoms with van der Waals surface area (Å²) in [6.07, 6.45) is 2.37. The Morgan fingerprint density at radius 1 is 1.16 bits per heavy atom. The van der Waals surface area contributed by atoms with E-state index < -0.39 is 0 Å². The molecule has 2 heterocycles. The fourth-order valence-electron chi connectivity index (χ4n) is 2.78. The normalized spacial score (nSPS) is 18.1. The van der Waals surface area contributed by atoms with Gasteiger partial charge in [-0.25, -0.2) is 4.98 Å². The Labute approximate surface area is 114 Å². The number of hydrogen-bond donors (Lipinski definition) is 2. The van der Waals surface area contributed by atoms with Crippen molar-refractivity contribution in [3.63, 3.8) is 0 Å². The SMILES string of the molecule is CC(C)(C)c1ccc2nc(C3CCNCC3)[nH]c2c1. The van der Waals surface area contributed by atoms with Crippen LogP contribution in [-0.4, -0.2) is 23.1 Å². The molecular formula is C16H23N3. The number of nitrogens with one attached hydrogen (secondary N) is 2. The largest absolute Gasteiger partial charge is 0.342 e. The van der Waals surface area contributed by atoms with Crippen LogP contribution < -0.4 is 5.32 Å². The average molecular weight is 257 g/mol. The Morgan fingerprint density at radius 3 is 2.58 bits per heavy atom. The molecule has 1 saturated heterocycles. The number of aromatic nitrogens is 2. The van der Waals surface area contributed by atoms with Crippen molar-refractivity contribution >= 4 is 11.0 Å². The number of imidazole rings is 1. The minimum absolute atomic E-state index is 0.189. The molecule has 3 heteroatoms. The van der Waals surface area contributed by atoms with Crippen LogP contribution in [0.25, 0.3) is 11.0 Å². The molecule has 2 aromatic rings. The molecule has 1 aliphatic rings. The van der Waals surface area contributed by atoms with Gasteiger partial charge in [0, 0.05) is 5.92 Å².